The first kappa shape index (κ1) is 31.6. The molecule has 2 rings (SSSR count). The van der Waals surface area contributed by atoms with E-state index < -0.39 is 44.3 Å². The molecular formula is C22H28N6O10S2. The average molecular weight is 601 g/mol. The molecule has 0 atom stereocenters. The van der Waals surface area contributed by atoms with Crippen LogP contribution in [0.3, 0.4) is 0 Å². The molecular weight excluding hydrogens is 572 g/mol. The van der Waals surface area contributed by atoms with Crippen molar-refractivity contribution in [2.45, 2.75) is 36.5 Å². The number of nitrogens with one attached hydrogen (secondary N) is 2. The Balaban J connectivity index is 1.95. The van der Waals surface area contributed by atoms with Crippen LogP contribution in [0.15, 0.2) is 58.3 Å². The summed E-state index contributed by atoms with van der Waals surface area (Å²) in [6.45, 7) is 2.66. The minimum Gasteiger partial charge on any atom is -0.447 e. The second-order valence-corrected chi connectivity index (χ2v) is 11.6. The van der Waals surface area contributed by atoms with Gasteiger partial charge >= 0.3 is 24.2 Å². The maximum absolute atomic E-state index is 12.8. The number of carbonyl (C=O) groups excluding carboxylic acids is 4. The number of nitrogens with zero attached hydrogens (tertiary/aromatic N) is 2. The number of hydrogen-bond acceptors (Lipinski definition) is 10. The van der Waals surface area contributed by atoms with Gasteiger partial charge in [0.1, 0.15) is 0 Å². The summed E-state index contributed by atoms with van der Waals surface area (Å²) in [6, 6.07) is 8.12. The van der Waals surface area contributed by atoms with Crippen molar-refractivity contribution in [2.75, 3.05) is 13.2 Å². The molecule has 0 heterocycles. The van der Waals surface area contributed by atoms with E-state index in [1.165, 1.54) is 48.5 Å². The Morgan fingerprint density at radius 2 is 0.950 bits per heavy atom. The van der Waals surface area contributed by atoms with E-state index in [-0.39, 0.29) is 44.7 Å². The Labute approximate surface area is 230 Å². The minimum absolute atomic E-state index is 0.0158. The number of hydrogen-bond donors (Lipinski definition) is 4. The highest BCUT2D eigenvalue weighted by Gasteiger charge is 2.33. The quantitative estimate of drug-likeness (QED) is 0.237. The molecule has 2 aromatic carbocycles. The van der Waals surface area contributed by atoms with Crippen molar-refractivity contribution in [1.82, 2.24) is 19.7 Å². The van der Waals surface area contributed by atoms with Crippen LogP contribution in [0.1, 0.15) is 24.0 Å². The van der Waals surface area contributed by atoms with Crippen LogP contribution in [-0.2, 0) is 29.5 Å². The van der Waals surface area contributed by atoms with Crippen molar-refractivity contribution in [3.63, 3.8) is 0 Å². The molecule has 0 radical (unpaired) electrons. The fourth-order valence-corrected chi connectivity index (χ4v) is 5.18. The topological polar surface area (TPSA) is 238 Å². The number of hydrazine groups is 2. The molecule has 40 heavy (non-hydrogen) atoms. The van der Waals surface area contributed by atoms with Gasteiger partial charge in [0, 0.05) is 0 Å². The van der Waals surface area contributed by atoms with Gasteiger partial charge in [-0.3, -0.25) is 0 Å². The van der Waals surface area contributed by atoms with E-state index in [2.05, 4.69) is 0 Å². The molecule has 0 fully saturated rings. The lowest BCUT2D eigenvalue weighted by Gasteiger charge is -2.22. The second-order valence-electron chi connectivity index (χ2n) is 8.05. The van der Waals surface area contributed by atoms with Crippen molar-refractivity contribution in [3.05, 3.63) is 59.7 Å². The summed E-state index contributed by atoms with van der Waals surface area (Å²) in [5, 5.41) is 0. The first-order chi connectivity index (χ1) is 18.7. The molecule has 0 aromatic heterocycles. The predicted molar refractivity (Wildman–Crippen MR) is 138 cm³/mol. The summed E-state index contributed by atoms with van der Waals surface area (Å²) < 4.78 is 60.8. The molecule has 6 N–H and O–H groups in total. The van der Waals surface area contributed by atoms with Crippen molar-refractivity contribution >= 4 is 44.3 Å². The van der Waals surface area contributed by atoms with E-state index in [1.807, 2.05) is 0 Å². The molecule has 218 valence electrons. The lowest BCUT2D eigenvalue weighted by Crippen LogP contribution is -2.51. The van der Waals surface area contributed by atoms with E-state index in [0.717, 1.165) is 11.1 Å². The Kier molecular flexibility index (Phi) is 10.7. The van der Waals surface area contributed by atoms with E-state index >= 15 is 0 Å². The largest absolute Gasteiger partial charge is 0.447 e. The number of unbranched alkanes of at least 4 members (excludes halogenated alkanes) is 1. The Morgan fingerprint density at radius 3 is 1.23 bits per heavy atom. The number of nitrogens with two attached hydrogens (primary N) is 2. The summed E-state index contributed by atoms with van der Waals surface area (Å²) in [6.07, 6.45) is -2.89. The number of rotatable bonds is 9. The highest BCUT2D eigenvalue weighted by atomic mass is 32.2. The molecule has 2 aromatic rings. The molecule has 0 aliphatic carbocycles. The van der Waals surface area contributed by atoms with Gasteiger partial charge < -0.3 is 20.9 Å². The molecule has 6 amide bonds. The highest BCUT2D eigenvalue weighted by Crippen LogP contribution is 2.17. The number of ether oxygens (including phenoxy) is 2. The fourth-order valence-electron chi connectivity index (χ4n) is 2.88. The van der Waals surface area contributed by atoms with E-state index in [0.29, 0.717) is 0 Å². The lowest BCUT2D eigenvalue weighted by atomic mass is 10.2. The van der Waals surface area contributed by atoms with Crippen LogP contribution >= 0.6 is 0 Å². The van der Waals surface area contributed by atoms with Crippen LogP contribution in [0.25, 0.3) is 0 Å². The fraction of sp³-hybridized carbons (Fsp3) is 0.273. The second kappa shape index (κ2) is 13.5. The van der Waals surface area contributed by atoms with Gasteiger partial charge in [0.15, 0.2) is 0 Å². The van der Waals surface area contributed by atoms with Crippen LogP contribution in [0.5, 0.6) is 0 Å². The van der Waals surface area contributed by atoms with Crippen LogP contribution < -0.4 is 22.3 Å². The monoisotopic (exact) mass is 600 g/mol. The third-order valence-corrected chi connectivity index (χ3v) is 8.04. The molecule has 16 nitrogen and oxygen atoms in total. The summed E-state index contributed by atoms with van der Waals surface area (Å²) >= 11 is 0. The predicted octanol–water partition coefficient (Wildman–Crippen LogP) is 1.21. The zero-order chi connectivity index (χ0) is 30.1. The van der Waals surface area contributed by atoms with E-state index in [9.17, 15) is 36.0 Å². The lowest BCUT2D eigenvalue weighted by molar-refractivity contribution is 0.101. The summed E-state index contributed by atoms with van der Waals surface area (Å²) in [7, 11) is -9.12. The zero-order valence-corrected chi connectivity index (χ0v) is 23.0. The van der Waals surface area contributed by atoms with Gasteiger partial charge in [0.2, 0.25) is 0 Å². The molecule has 0 aliphatic rings. The number of primary amides is 2. The van der Waals surface area contributed by atoms with Gasteiger partial charge in [0.05, 0.1) is 23.0 Å². The number of aryl methyl sites for hydroxylation is 2. The number of sulfonamides is 2. The summed E-state index contributed by atoms with van der Waals surface area (Å²) in [5.74, 6) is 0. The summed E-state index contributed by atoms with van der Waals surface area (Å²) in [4.78, 5) is 46.8. The molecule has 0 saturated heterocycles. The molecule has 0 unspecified atom stereocenters. The first-order valence-corrected chi connectivity index (χ1v) is 14.2. The van der Waals surface area contributed by atoms with E-state index in [1.54, 1.807) is 24.7 Å². The number of carbonyl (C=O) groups is 4. The van der Waals surface area contributed by atoms with E-state index in [4.69, 9.17) is 20.9 Å². The third-order valence-electron chi connectivity index (χ3n) is 4.86. The number of benzene rings is 2. The van der Waals surface area contributed by atoms with Crippen LogP contribution in [-0.4, -0.2) is 63.1 Å². The van der Waals surface area contributed by atoms with Gasteiger partial charge in [0.25, 0.3) is 20.0 Å². The van der Waals surface area contributed by atoms with Gasteiger partial charge in [-0.2, -0.15) is 16.8 Å². The van der Waals surface area contributed by atoms with Gasteiger partial charge in [-0.1, -0.05) is 35.4 Å². The average Bonchev–Trinajstić information content (AvgIpc) is 2.87. The molecule has 0 saturated carbocycles. The Hall–Kier alpha value is -4.58. The molecule has 0 bridgehead atoms. The molecule has 18 heteroatoms. The third kappa shape index (κ3) is 8.46. The van der Waals surface area contributed by atoms with Crippen LogP contribution in [0, 0.1) is 13.8 Å². The van der Waals surface area contributed by atoms with Crippen LogP contribution in [0.2, 0.25) is 0 Å². The first-order valence-electron chi connectivity index (χ1n) is 11.4. The van der Waals surface area contributed by atoms with Crippen molar-refractivity contribution < 1.29 is 45.5 Å². The van der Waals surface area contributed by atoms with Gasteiger partial charge in [-0.05, 0) is 51.0 Å². The minimum atomic E-state index is -4.56. The standard InChI is InChI=1S/C22H28N6O10S2/c1-15-5-9-17(10-6-15)39(33,34)27(25-19(23)29)21(31)37-13-3-4-14-38-22(32)28(26-20(24)30)40(35,36)18-11-7-16(2)8-12-18/h5-12H,3-4,13-14H2,1-2H3,(H3,23,25,29)(H3,24,26,30). The highest BCUT2D eigenvalue weighted by molar-refractivity contribution is 7.90. The van der Waals surface area contributed by atoms with Crippen molar-refractivity contribution in [3.8, 4) is 0 Å². The Bertz CT molecular complexity index is 1330. The summed E-state index contributed by atoms with van der Waals surface area (Å²) in [5.41, 5.74) is 14.9. The smallest absolute Gasteiger partial charge is 0.443 e. The van der Waals surface area contributed by atoms with Gasteiger partial charge in [-0.25, -0.2) is 30.0 Å². The molecule has 0 spiro atoms. The maximum atomic E-state index is 12.8. The maximum Gasteiger partial charge on any atom is 0.443 e. The number of amides is 6. The number of urea groups is 2. The molecule has 0 aliphatic heterocycles. The zero-order valence-electron chi connectivity index (χ0n) is 21.4. The van der Waals surface area contributed by atoms with Crippen molar-refractivity contribution in [1.29, 1.82) is 0 Å². The SMILES string of the molecule is Cc1ccc(S(=O)(=O)N(NC(N)=O)C(=O)OCCCCOC(=O)N(NC(N)=O)S(=O)(=O)c2ccc(C)cc2)cc1. The van der Waals surface area contributed by atoms with Gasteiger partial charge in [-0.15, -0.1) is 8.83 Å². The van der Waals surface area contributed by atoms with Crippen LogP contribution in [0.4, 0.5) is 19.2 Å². The normalized spacial score (nSPS) is 11.2. The van der Waals surface area contributed by atoms with Crippen molar-refractivity contribution in [2.24, 2.45) is 11.5 Å². The Morgan fingerprint density at radius 1 is 0.650 bits per heavy atom.